The normalized spacial score (nSPS) is 14.2. The Labute approximate surface area is 146 Å². The second-order valence-electron chi connectivity index (χ2n) is 6.21. The summed E-state index contributed by atoms with van der Waals surface area (Å²) in [5, 5.41) is 13.8. The number of carbonyl (C=O) groups excluding carboxylic acids is 1. The van der Waals surface area contributed by atoms with E-state index in [4.69, 9.17) is 0 Å². The predicted octanol–water partition coefficient (Wildman–Crippen LogP) is 3.77. The van der Waals surface area contributed by atoms with E-state index in [0.29, 0.717) is 11.3 Å². The fraction of sp³-hybridized carbons (Fsp3) is 0.316. The van der Waals surface area contributed by atoms with Crippen molar-refractivity contribution in [3.8, 4) is 0 Å². The van der Waals surface area contributed by atoms with Gasteiger partial charge in [0.05, 0.1) is 11.3 Å². The minimum atomic E-state index is -0.462. The van der Waals surface area contributed by atoms with Gasteiger partial charge in [0.2, 0.25) is 5.91 Å². The molecule has 130 valence electrons. The first-order valence-electron chi connectivity index (χ1n) is 8.50. The van der Waals surface area contributed by atoms with Crippen molar-refractivity contribution in [3.05, 3.63) is 64.2 Å². The molecule has 1 saturated heterocycles. The zero-order chi connectivity index (χ0) is 17.6. The Balaban J connectivity index is 1.62. The highest BCUT2D eigenvalue weighted by molar-refractivity contribution is 5.93. The lowest BCUT2D eigenvalue weighted by atomic mass is 10.1. The summed E-state index contributed by atoms with van der Waals surface area (Å²) in [5.41, 5.74) is 2.24. The van der Waals surface area contributed by atoms with Gasteiger partial charge >= 0.3 is 0 Å². The van der Waals surface area contributed by atoms with E-state index in [9.17, 15) is 14.9 Å². The first kappa shape index (κ1) is 17.0. The molecular weight excluding hydrogens is 318 g/mol. The van der Waals surface area contributed by atoms with Crippen molar-refractivity contribution in [2.75, 3.05) is 23.3 Å². The van der Waals surface area contributed by atoms with Gasteiger partial charge in [0.15, 0.2) is 0 Å². The van der Waals surface area contributed by atoms with Crippen molar-refractivity contribution in [2.24, 2.45) is 0 Å². The molecule has 2 aromatic rings. The Hall–Kier alpha value is -2.89. The summed E-state index contributed by atoms with van der Waals surface area (Å²) in [4.78, 5) is 25.1. The number of piperidine rings is 1. The molecule has 25 heavy (non-hydrogen) atoms. The number of carbonyl (C=O) groups is 1. The first-order chi connectivity index (χ1) is 12.1. The predicted molar refractivity (Wildman–Crippen MR) is 97.9 cm³/mol. The largest absolute Gasteiger partial charge is 0.372 e. The quantitative estimate of drug-likeness (QED) is 0.665. The molecule has 0 bridgehead atoms. The van der Waals surface area contributed by atoms with Gasteiger partial charge in [0.1, 0.15) is 0 Å². The zero-order valence-electron chi connectivity index (χ0n) is 14.0. The molecule has 1 N–H and O–H groups in total. The fourth-order valence-electron chi connectivity index (χ4n) is 3.12. The topological polar surface area (TPSA) is 75.5 Å². The van der Waals surface area contributed by atoms with Gasteiger partial charge in [-0.15, -0.1) is 0 Å². The van der Waals surface area contributed by atoms with Crippen molar-refractivity contribution >= 4 is 23.0 Å². The minimum absolute atomic E-state index is 0.0228. The Kier molecular flexibility index (Phi) is 5.28. The van der Waals surface area contributed by atoms with Crippen LogP contribution in [0.4, 0.5) is 17.1 Å². The van der Waals surface area contributed by atoms with Crippen LogP contribution in [-0.4, -0.2) is 23.9 Å². The number of amides is 1. The average molecular weight is 339 g/mol. The Morgan fingerprint density at radius 3 is 2.40 bits per heavy atom. The fourth-order valence-corrected chi connectivity index (χ4v) is 3.12. The Bertz CT molecular complexity index is 753. The number of benzene rings is 2. The molecular formula is C19H21N3O3. The number of rotatable bonds is 5. The van der Waals surface area contributed by atoms with E-state index in [0.717, 1.165) is 18.8 Å². The standard InChI is InChI=1S/C19H21N3O3/c23-19(14-15-6-2-3-7-18(15)22(24)25)20-16-8-10-17(11-9-16)21-12-4-1-5-13-21/h2-3,6-11H,1,4-5,12-14H2,(H,20,23). The van der Waals surface area contributed by atoms with Crippen LogP contribution in [0.3, 0.4) is 0 Å². The number of anilines is 2. The highest BCUT2D eigenvalue weighted by Crippen LogP contribution is 2.22. The van der Waals surface area contributed by atoms with Crippen molar-refractivity contribution in [2.45, 2.75) is 25.7 Å². The van der Waals surface area contributed by atoms with E-state index in [1.807, 2.05) is 24.3 Å². The molecule has 6 nitrogen and oxygen atoms in total. The average Bonchev–Trinajstić information content (AvgIpc) is 2.63. The van der Waals surface area contributed by atoms with E-state index in [2.05, 4.69) is 10.2 Å². The van der Waals surface area contributed by atoms with E-state index < -0.39 is 4.92 Å². The van der Waals surface area contributed by atoms with Gasteiger partial charge in [-0.1, -0.05) is 18.2 Å². The highest BCUT2D eigenvalue weighted by atomic mass is 16.6. The number of hydrogen-bond donors (Lipinski definition) is 1. The molecule has 1 aliphatic rings. The van der Waals surface area contributed by atoms with Gasteiger partial charge in [-0.25, -0.2) is 0 Å². The van der Waals surface area contributed by atoms with Crippen molar-refractivity contribution in [3.63, 3.8) is 0 Å². The number of nitrogens with zero attached hydrogens (tertiary/aromatic N) is 2. The smallest absolute Gasteiger partial charge is 0.273 e. The van der Waals surface area contributed by atoms with Crippen molar-refractivity contribution in [1.29, 1.82) is 0 Å². The second kappa shape index (κ2) is 7.79. The molecule has 0 atom stereocenters. The lowest BCUT2D eigenvalue weighted by Gasteiger charge is -2.28. The lowest BCUT2D eigenvalue weighted by molar-refractivity contribution is -0.385. The van der Waals surface area contributed by atoms with Crippen LogP contribution in [0.2, 0.25) is 0 Å². The SMILES string of the molecule is O=C(Cc1ccccc1[N+](=O)[O-])Nc1ccc(N2CCCCC2)cc1. The molecule has 0 aromatic heterocycles. The van der Waals surface area contributed by atoms with Gasteiger partial charge in [0.25, 0.3) is 5.69 Å². The molecule has 3 rings (SSSR count). The van der Waals surface area contributed by atoms with Crippen LogP contribution in [0.25, 0.3) is 0 Å². The van der Waals surface area contributed by atoms with Crippen LogP contribution in [0.1, 0.15) is 24.8 Å². The molecule has 6 heteroatoms. The second-order valence-corrected chi connectivity index (χ2v) is 6.21. The summed E-state index contributed by atoms with van der Waals surface area (Å²) >= 11 is 0. The maximum absolute atomic E-state index is 12.2. The number of hydrogen-bond acceptors (Lipinski definition) is 4. The maximum Gasteiger partial charge on any atom is 0.273 e. The molecule has 2 aromatic carbocycles. The van der Waals surface area contributed by atoms with Gasteiger partial charge in [-0.3, -0.25) is 14.9 Å². The van der Waals surface area contributed by atoms with Crippen LogP contribution >= 0.6 is 0 Å². The van der Waals surface area contributed by atoms with Gasteiger partial charge in [0, 0.05) is 36.1 Å². The van der Waals surface area contributed by atoms with Crippen LogP contribution in [0.5, 0.6) is 0 Å². The summed E-state index contributed by atoms with van der Waals surface area (Å²) in [7, 11) is 0. The number of nitro benzene ring substituents is 1. The number of para-hydroxylation sites is 1. The van der Waals surface area contributed by atoms with E-state index in [1.54, 1.807) is 18.2 Å². The number of nitrogens with one attached hydrogen (secondary N) is 1. The molecule has 0 radical (unpaired) electrons. The molecule has 0 unspecified atom stereocenters. The van der Waals surface area contributed by atoms with Crippen LogP contribution in [-0.2, 0) is 11.2 Å². The zero-order valence-corrected chi connectivity index (χ0v) is 14.0. The van der Waals surface area contributed by atoms with Crippen LogP contribution in [0.15, 0.2) is 48.5 Å². The van der Waals surface area contributed by atoms with E-state index in [-0.39, 0.29) is 18.0 Å². The molecule has 0 saturated carbocycles. The molecule has 0 aliphatic carbocycles. The van der Waals surface area contributed by atoms with Gasteiger partial charge in [-0.2, -0.15) is 0 Å². The van der Waals surface area contributed by atoms with Gasteiger partial charge in [-0.05, 0) is 43.5 Å². The van der Waals surface area contributed by atoms with Crippen molar-refractivity contribution in [1.82, 2.24) is 0 Å². The third-order valence-corrected chi connectivity index (χ3v) is 4.41. The summed E-state index contributed by atoms with van der Waals surface area (Å²) in [6.45, 7) is 2.15. The lowest BCUT2D eigenvalue weighted by Crippen LogP contribution is -2.29. The van der Waals surface area contributed by atoms with E-state index >= 15 is 0 Å². The number of nitro groups is 1. The minimum Gasteiger partial charge on any atom is -0.372 e. The van der Waals surface area contributed by atoms with Crippen LogP contribution in [0, 0.1) is 10.1 Å². The Morgan fingerprint density at radius 1 is 1.04 bits per heavy atom. The molecule has 1 amide bonds. The molecule has 1 aliphatic heterocycles. The molecule has 0 spiro atoms. The maximum atomic E-state index is 12.2. The molecule has 1 heterocycles. The Morgan fingerprint density at radius 2 is 1.72 bits per heavy atom. The summed E-state index contributed by atoms with van der Waals surface area (Å²) < 4.78 is 0. The summed E-state index contributed by atoms with van der Waals surface area (Å²) in [6, 6.07) is 14.1. The summed E-state index contributed by atoms with van der Waals surface area (Å²) in [5.74, 6) is -0.264. The highest BCUT2D eigenvalue weighted by Gasteiger charge is 2.16. The van der Waals surface area contributed by atoms with Gasteiger partial charge < -0.3 is 10.2 Å². The molecule has 1 fully saturated rings. The summed E-state index contributed by atoms with van der Waals surface area (Å²) in [6.07, 6.45) is 3.70. The van der Waals surface area contributed by atoms with Crippen molar-refractivity contribution < 1.29 is 9.72 Å². The third kappa shape index (κ3) is 4.35. The monoisotopic (exact) mass is 339 g/mol. The van der Waals surface area contributed by atoms with Crippen LogP contribution < -0.4 is 10.2 Å². The first-order valence-corrected chi connectivity index (χ1v) is 8.50. The third-order valence-electron chi connectivity index (χ3n) is 4.41. The van der Waals surface area contributed by atoms with E-state index in [1.165, 1.54) is 25.3 Å².